The van der Waals surface area contributed by atoms with Gasteiger partial charge in [-0.3, -0.25) is 19.3 Å². The molecule has 1 fully saturated rings. The van der Waals surface area contributed by atoms with Gasteiger partial charge in [0.15, 0.2) is 0 Å². The number of carboxylic acids is 1. The summed E-state index contributed by atoms with van der Waals surface area (Å²) in [5, 5.41) is 9.11. The molecule has 29 heavy (non-hydrogen) atoms. The van der Waals surface area contributed by atoms with Gasteiger partial charge in [0.1, 0.15) is 18.9 Å². The first-order chi connectivity index (χ1) is 13.7. The number of hydrogen-bond acceptors (Lipinski definition) is 5. The molecule has 1 aliphatic rings. The summed E-state index contributed by atoms with van der Waals surface area (Å²) in [5.74, 6) is -1.30. The number of carboxylic acid groups (broad SMARTS) is 1. The zero-order valence-electron chi connectivity index (χ0n) is 14.5. The SMILES string of the molecule is O=C(O)CN1C(=O)S/C(=C/c2ccc(OCc3ccc(Cl)c(Cl)c3)c(Br)c2)C1=O. The minimum atomic E-state index is -1.25. The summed E-state index contributed by atoms with van der Waals surface area (Å²) in [4.78, 5) is 35.7. The van der Waals surface area contributed by atoms with Crippen molar-refractivity contribution in [1.82, 2.24) is 4.90 Å². The van der Waals surface area contributed by atoms with Gasteiger partial charge in [-0.1, -0.05) is 35.3 Å². The van der Waals surface area contributed by atoms with Crippen molar-refractivity contribution in [2.24, 2.45) is 0 Å². The lowest BCUT2D eigenvalue weighted by atomic mass is 10.2. The van der Waals surface area contributed by atoms with Crippen LogP contribution in [0.1, 0.15) is 11.1 Å². The normalized spacial score (nSPS) is 15.3. The van der Waals surface area contributed by atoms with Crippen LogP contribution in [0, 0.1) is 0 Å². The third-order valence-electron chi connectivity index (χ3n) is 3.80. The number of nitrogens with zero attached hydrogens (tertiary/aromatic N) is 1. The number of thioether (sulfide) groups is 1. The van der Waals surface area contributed by atoms with Gasteiger partial charge in [0.05, 0.1) is 19.4 Å². The smallest absolute Gasteiger partial charge is 0.323 e. The van der Waals surface area contributed by atoms with E-state index in [9.17, 15) is 14.4 Å². The Morgan fingerprint density at radius 1 is 1.17 bits per heavy atom. The highest BCUT2D eigenvalue weighted by molar-refractivity contribution is 9.10. The average Bonchev–Trinajstić information content (AvgIpc) is 2.91. The minimum absolute atomic E-state index is 0.160. The van der Waals surface area contributed by atoms with Crippen molar-refractivity contribution < 1.29 is 24.2 Å². The molecule has 3 rings (SSSR count). The third kappa shape index (κ3) is 5.33. The van der Waals surface area contributed by atoms with E-state index in [2.05, 4.69) is 15.9 Å². The number of hydrogen-bond donors (Lipinski definition) is 1. The molecule has 1 aliphatic heterocycles. The van der Waals surface area contributed by atoms with Crippen LogP contribution >= 0.6 is 50.9 Å². The Kier molecular flexibility index (Phi) is 6.89. The van der Waals surface area contributed by atoms with Crippen LogP contribution in [0.2, 0.25) is 10.0 Å². The Labute approximate surface area is 188 Å². The Bertz CT molecular complexity index is 1040. The number of aliphatic carboxylic acids is 1. The second-order valence-electron chi connectivity index (χ2n) is 5.89. The first kappa shape index (κ1) is 21.7. The largest absolute Gasteiger partial charge is 0.488 e. The van der Waals surface area contributed by atoms with Gasteiger partial charge < -0.3 is 9.84 Å². The van der Waals surface area contributed by atoms with Crippen molar-refractivity contribution in [3.8, 4) is 5.75 Å². The van der Waals surface area contributed by atoms with Crippen LogP contribution in [0.25, 0.3) is 6.08 Å². The van der Waals surface area contributed by atoms with E-state index in [0.717, 1.165) is 5.56 Å². The third-order valence-corrected chi connectivity index (χ3v) is 6.07. The molecule has 0 atom stereocenters. The molecule has 0 saturated carbocycles. The Morgan fingerprint density at radius 3 is 2.59 bits per heavy atom. The molecule has 150 valence electrons. The highest BCUT2D eigenvalue weighted by Gasteiger charge is 2.36. The fraction of sp³-hybridized carbons (Fsp3) is 0.105. The van der Waals surface area contributed by atoms with Crippen molar-refractivity contribution in [3.63, 3.8) is 0 Å². The van der Waals surface area contributed by atoms with Crippen molar-refractivity contribution in [3.05, 3.63) is 66.9 Å². The molecule has 0 radical (unpaired) electrons. The summed E-state index contributed by atoms with van der Waals surface area (Å²) in [6.45, 7) is -0.379. The number of amides is 2. The Balaban J connectivity index is 1.71. The molecule has 0 aromatic heterocycles. The van der Waals surface area contributed by atoms with Gasteiger partial charge in [-0.25, -0.2) is 0 Å². The van der Waals surface area contributed by atoms with Crippen LogP contribution in [0.5, 0.6) is 5.75 Å². The molecule has 1 heterocycles. The zero-order valence-corrected chi connectivity index (χ0v) is 18.4. The lowest BCUT2D eigenvalue weighted by Crippen LogP contribution is -2.33. The summed E-state index contributed by atoms with van der Waals surface area (Å²) in [6, 6.07) is 10.4. The fourth-order valence-electron chi connectivity index (χ4n) is 2.44. The standard InChI is InChI=1S/C19H12BrCl2NO5S/c20-12-5-10(7-16-18(26)23(8-17(24)25)19(27)29-16)2-4-15(12)28-9-11-1-3-13(21)14(22)6-11/h1-7H,8-9H2,(H,24,25)/b16-7+. The van der Waals surface area contributed by atoms with Gasteiger partial charge >= 0.3 is 5.97 Å². The van der Waals surface area contributed by atoms with Gasteiger partial charge in [0.25, 0.3) is 11.1 Å². The van der Waals surface area contributed by atoms with Crippen LogP contribution in [-0.2, 0) is 16.2 Å². The quantitative estimate of drug-likeness (QED) is 0.513. The van der Waals surface area contributed by atoms with E-state index in [0.29, 0.717) is 42.5 Å². The van der Waals surface area contributed by atoms with Crippen LogP contribution in [0.15, 0.2) is 45.8 Å². The number of imide groups is 1. The maximum absolute atomic E-state index is 12.2. The van der Waals surface area contributed by atoms with Crippen LogP contribution < -0.4 is 4.74 Å². The molecule has 10 heteroatoms. The number of ether oxygens (including phenoxy) is 1. The van der Waals surface area contributed by atoms with Gasteiger partial charge in [0, 0.05) is 0 Å². The van der Waals surface area contributed by atoms with Crippen molar-refractivity contribution in [2.45, 2.75) is 6.61 Å². The summed E-state index contributed by atoms with van der Waals surface area (Å²) in [5.41, 5.74) is 1.50. The van der Waals surface area contributed by atoms with Gasteiger partial charge in [0.2, 0.25) is 0 Å². The number of carbonyl (C=O) groups excluding carboxylic acids is 2. The molecule has 2 aromatic rings. The number of rotatable bonds is 6. The molecule has 2 amide bonds. The summed E-state index contributed by atoms with van der Waals surface area (Å²) >= 11 is 16.0. The maximum atomic E-state index is 12.2. The van der Waals surface area contributed by atoms with Crippen molar-refractivity contribution >= 4 is 74.1 Å². The highest BCUT2D eigenvalue weighted by Crippen LogP contribution is 2.34. The summed E-state index contributed by atoms with van der Waals surface area (Å²) in [6.07, 6.45) is 1.53. The molecule has 1 saturated heterocycles. The molecule has 1 N–H and O–H groups in total. The first-order valence-electron chi connectivity index (χ1n) is 8.08. The Morgan fingerprint density at radius 2 is 1.93 bits per heavy atom. The molecule has 0 aliphatic carbocycles. The van der Waals surface area contributed by atoms with E-state index in [1.165, 1.54) is 6.08 Å². The van der Waals surface area contributed by atoms with E-state index < -0.39 is 23.7 Å². The van der Waals surface area contributed by atoms with E-state index in [1.54, 1.807) is 30.3 Å². The van der Waals surface area contributed by atoms with E-state index in [-0.39, 0.29) is 11.5 Å². The first-order valence-corrected chi connectivity index (χ1v) is 10.4. The second-order valence-corrected chi connectivity index (χ2v) is 8.55. The predicted molar refractivity (Wildman–Crippen MR) is 115 cm³/mol. The number of halogens is 3. The Hall–Kier alpha value is -2.00. The lowest BCUT2D eigenvalue weighted by molar-refractivity contribution is -0.140. The molecular weight excluding hydrogens is 505 g/mol. The zero-order chi connectivity index (χ0) is 21.1. The predicted octanol–water partition coefficient (Wildman–Crippen LogP) is 5.46. The molecule has 0 unspecified atom stereocenters. The second kappa shape index (κ2) is 9.21. The minimum Gasteiger partial charge on any atom is -0.488 e. The number of carbonyl (C=O) groups is 3. The summed E-state index contributed by atoms with van der Waals surface area (Å²) < 4.78 is 6.42. The van der Waals surface area contributed by atoms with E-state index in [4.69, 9.17) is 33.0 Å². The molecule has 2 aromatic carbocycles. The maximum Gasteiger partial charge on any atom is 0.323 e. The van der Waals surface area contributed by atoms with Crippen LogP contribution in [0.4, 0.5) is 4.79 Å². The van der Waals surface area contributed by atoms with Crippen LogP contribution in [0.3, 0.4) is 0 Å². The van der Waals surface area contributed by atoms with Crippen LogP contribution in [-0.4, -0.2) is 33.7 Å². The van der Waals surface area contributed by atoms with E-state index >= 15 is 0 Å². The fourth-order valence-corrected chi connectivity index (χ4v) is 4.11. The molecule has 0 spiro atoms. The molecule has 0 bridgehead atoms. The van der Waals surface area contributed by atoms with Gasteiger partial charge in [-0.2, -0.15) is 0 Å². The molecule has 6 nitrogen and oxygen atoms in total. The average molecular weight is 517 g/mol. The number of benzene rings is 2. The highest BCUT2D eigenvalue weighted by atomic mass is 79.9. The van der Waals surface area contributed by atoms with Crippen molar-refractivity contribution in [1.29, 1.82) is 0 Å². The lowest BCUT2D eigenvalue weighted by Gasteiger charge is -2.10. The topological polar surface area (TPSA) is 83.9 Å². The monoisotopic (exact) mass is 515 g/mol. The summed E-state index contributed by atoms with van der Waals surface area (Å²) in [7, 11) is 0. The van der Waals surface area contributed by atoms with E-state index in [1.807, 2.05) is 6.07 Å². The van der Waals surface area contributed by atoms with Gasteiger partial charge in [-0.15, -0.1) is 0 Å². The molecular formula is C19H12BrCl2NO5S. The van der Waals surface area contributed by atoms with Crippen molar-refractivity contribution in [2.75, 3.05) is 6.54 Å². The van der Waals surface area contributed by atoms with Gasteiger partial charge in [-0.05, 0) is 69.2 Å².